The van der Waals surface area contributed by atoms with Crippen LogP contribution >= 0.6 is 0 Å². The summed E-state index contributed by atoms with van der Waals surface area (Å²) in [6, 6.07) is 1.88. The normalized spacial score (nSPS) is 11.5. The molecule has 0 saturated heterocycles. The Morgan fingerprint density at radius 1 is 1.28 bits per heavy atom. The summed E-state index contributed by atoms with van der Waals surface area (Å²) in [6.07, 6.45) is 2.66. The molecule has 0 bridgehead atoms. The Hall–Kier alpha value is -1.21. The molecule has 18 heavy (non-hydrogen) atoms. The minimum absolute atomic E-state index is 0.427. The van der Waals surface area contributed by atoms with Crippen molar-refractivity contribution < 1.29 is 8.42 Å². The van der Waals surface area contributed by atoms with Crippen LogP contribution < -0.4 is 10.0 Å². The third-order valence-electron chi connectivity index (χ3n) is 2.24. The number of aryl methyl sites for hydroxylation is 2. The second-order valence-corrected chi connectivity index (χ2v) is 5.94. The molecule has 0 aliphatic rings. The first-order chi connectivity index (χ1) is 8.40. The molecule has 0 radical (unpaired) electrons. The second-order valence-electron chi connectivity index (χ2n) is 4.11. The van der Waals surface area contributed by atoms with Gasteiger partial charge in [0.25, 0.3) is 0 Å². The highest BCUT2D eigenvalue weighted by atomic mass is 32.2. The highest BCUT2D eigenvalue weighted by Gasteiger charge is 2.01. The minimum atomic E-state index is -3.09. The van der Waals surface area contributed by atoms with Gasteiger partial charge in [0, 0.05) is 31.3 Å². The Bertz CT molecular complexity index is 488. The van der Waals surface area contributed by atoms with Gasteiger partial charge in [0.05, 0.1) is 6.26 Å². The summed E-state index contributed by atoms with van der Waals surface area (Å²) in [5, 5.41) is 3.16. The van der Waals surface area contributed by atoms with Gasteiger partial charge in [0.2, 0.25) is 10.0 Å². The molecular formula is C11H20N4O2S. The Labute approximate surface area is 108 Å². The monoisotopic (exact) mass is 272 g/mol. The number of nitrogens with one attached hydrogen (secondary N) is 2. The zero-order chi connectivity index (χ0) is 13.6. The molecule has 0 aliphatic carbocycles. The number of hydrogen-bond acceptors (Lipinski definition) is 5. The zero-order valence-electron chi connectivity index (χ0n) is 11.0. The van der Waals surface area contributed by atoms with Crippen molar-refractivity contribution in [2.24, 2.45) is 0 Å². The predicted molar refractivity (Wildman–Crippen MR) is 72.1 cm³/mol. The number of anilines is 1. The summed E-state index contributed by atoms with van der Waals surface area (Å²) in [5.74, 6) is 1.60. The SMILES string of the molecule is CCc1nc(C)cc(NCCCNS(C)(=O)=O)n1. The maximum absolute atomic E-state index is 10.8. The molecule has 1 heterocycles. The summed E-state index contributed by atoms with van der Waals surface area (Å²) in [7, 11) is -3.09. The zero-order valence-corrected chi connectivity index (χ0v) is 11.8. The molecule has 6 nitrogen and oxygen atoms in total. The van der Waals surface area contributed by atoms with Crippen LogP contribution in [0.15, 0.2) is 6.07 Å². The first-order valence-electron chi connectivity index (χ1n) is 5.94. The van der Waals surface area contributed by atoms with Crippen LogP contribution in [0.5, 0.6) is 0 Å². The van der Waals surface area contributed by atoms with E-state index in [1.807, 2.05) is 19.9 Å². The number of hydrogen-bond donors (Lipinski definition) is 2. The first kappa shape index (κ1) is 14.8. The topological polar surface area (TPSA) is 84.0 Å². The third kappa shape index (κ3) is 5.92. The average Bonchev–Trinajstić information content (AvgIpc) is 2.26. The molecule has 0 aliphatic heterocycles. The quantitative estimate of drug-likeness (QED) is 0.714. The van der Waals surface area contributed by atoms with Gasteiger partial charge in [-0.3, -0.25) is 0 Å². The third-order valence-corrected chi connectivity index (χ3v) is 2.97. The van der Waals surface area contributed by atoms with Crippen LogP contribution in [0.4, 0.5) is 5.82 Å². The van der Waals surface area contributed by atoms with Crippen molar-refractivity contribution in [1.82, 2.24) is 14.7 Å². The van der Waals surface area contributed by atoms with E-state index in [0.717, 1.165) is 30.0 Å². The number of aromatic nitrogens is 2. The van der Waals surface area contributed by atoms with Crippen molar-refractivity contribution in [3.8, 4) is 0 Å². The highest BCUT2D eigenvalue weighted by molar-refractivity contribution is 7.88. The molecule has 1 aromatic heterocycles. The van der Waals surface area contributed by atoms with Crippen LogP contribution in [0, 0.1) is 6.92 Å². The molecule has 0 spiro atoms. The number of sulfonamides is 1. The Kier molecular flexibility index (Phi) is 5.49. The van der Waals surface area contributed by atoms with Crippen LogP contribution in [-0.2, 0) is 16.4 Å². The molecule has 0 unspecified atom stereocenters. The van der Waals surface area contributed by atoms with Crippen LogP contribution in [-0.4, -0.2) is 37.7 Å². The van der Waals surface area contributed by atoms with Crippen LogP contribution in [0.3, 0.4) is 0 Å². The summed E-state index contributed by atoms with van der Waals surface area (Å²) in [6.45, 7) is 5.03. The van der Waals surface area contributed by atoms with Crippen molar-refractivity contribution in [3.05, 3.63) is 17.6 Å². The Morgan fingerprint density at radius 2 is 2.00 bits per heavy atom. The number of rotatable bonds is 7. The molecule has 0 aromatic carbocycles. The molecule has 2 N–H and O–H groups in total. The lowest BCUT2D eigenvalue weighted by molar-refractivity contribution is 0.586. The smallest absolute Gasteiger partial charge is 0.208 e. The van der Waals surface area contributed by atoms with E-state index in [1.165, 1.54) is 0 Å². The van der Waals surface area contributed by atoms with Gasteiger partial charge < -0.3 is 5.32 Å². The maximum Gasteiger partial charge on any atom is 0.208 e. The second kappa shape index (κ2) is 6.65. The largest absolute Gasteiger partial charge is 0.370 e. The summed E-state index contributed by atoms with van der Waals surface area (Å²) in [4.78, 5) is 8.62. The summed E-state index contributed by atoms with van der Waals surface area (Å²) in [5.41, 5.74) is 0.929. The van der Waals surface area contributed by atoms with Crippen molar-refractivity contribution in [2.75, 3.05) is 24.7 Å². The van der Waals surface area contributed by atoms with Crippen LogP contribution in [0.25, 0.3) is 0 Å². The van der Waals surface area contributed by atoms with Gasteiger partial charge in [0.15, 0.2) is 0 Å². The molecule has 7 heteroatoms. The molecule has 0 atom stereocenters. The maximum atomic E-state index is 10.8. The van der Waals surface area contributed by atoms with E-state index < -0.39 is 10.0 Å². The summed E-state index contributed by atoms with van der Waals surface area (Å²) < 4.78 is 24.1. The standard InChI is InChI=1S/C11H20N4O2S/c1-4-10-14-9(2)8-11(15-10)12-6-5-7-13-18(3,16)17/h8,13H,4-7H2,1-3H3,(H,12,14,15). The fourth-order valence-electron chi connectivity index (χ4n) is 1.44. The number of nitrogens with zero attached hydrogens (tertiary/aromatic N) is 2. The van der Waals surface area contributed by atoms with Crippen LogP contribution in [0.1, 0.15) is 24.9 Å². The van der Waals surface area contributed by atoms with Gasteiger partial charge >= 0.3 is 0 Å². The van der Waals surface area contributed by atoms with E-state index in [-0.39, 0.29) is 0 Å². The lowest BCUT2D eigenvalue weighted by atomic mass is 10.3. The average molecular weight is 272 g/mol. The van der Waals surface area contributed by atoms with E-state index in [2.05, 4.69) is 20.0 Å². The molecule has 0 fully saturated rings. The lowest BCUT2D eigenvalue weighted by Crippen LogP contribution is -2.24. The Balaban J connectivity index is 2.37. The van der Waals surface area contributed by atoms with E-state index in [0.29, 0.717) is 19.5 Å². The van der Waals surface area contributed by atoms with Gasteiger partial charge in [-0.05, 0) is 13.3 Å². The molecule has 1 rings (SSSR count). The van der Waals surface area contributed by atoms with Crippen molar-refractivity contribution in [3.63, 3.8) is 0 Å². The van der Waals surface area contributed by atoms with E-state index in [9.17, 15) is 8.42 Å². The van der Waals surface area contributed by atoms with Crippen LogP contribution in [0.2, 0.25) is 0 Å². The van der Waals surface area contributed by atoms with Crippen molar-refractivity contribution >= 4 is 15.8 Å². The van der Waals surface area contributed by atoms with Crippen molar-refractivity contribution in [1.29, 1.82) is 0 Å². The van der Waals surface area contributed by atoms with E-state index in [4.69, 9.17) is 0 Å². The highest BCUT2D eigenvalue weighted by Crippen LogP contribution is 2.06. The fraction of sp³-hybridized carbons (Fsp3) is 0.636. The van der Waals surface area contributed by atoms with Gasteiger partial charge in [0.1, 0.15) is 11.6 Å². The lowest BCUT2D eigenvalue weighted by Gasteiger charge is -2.08. The van der Waals surface area contributed by atoms with Gasteiger partial charge in [-0.2, -0.15) is 0 Å². The predicted octanol–water partition coefficient (Wildman–Crippen LogP) is 0.699. The van der Waals surface area contributed by atoms with Gasteiger partial charge in [-0.15, -0.1) is 0 Å². The molecule has 0 saturated carbocycles. The summed E-state index contributed by atoms with van der Waals surface area (Å²) >= 11 is 0. The van der Waals surface area contributed by atoms with Crippen molar-refractivity contribution in [2.45, 2.75) is 26.7 Å². The molecule has 0 amide bonds. The Morgan fingerprint density at radius 3 is 2.61 bits per heavy atom. The van der Waals surface area contributed by atoms with E-state index in [1.54, 1.807) is 0 Å². The van der Waals surface area contributed by atoms with Gasteiger partial charge in [-0.1, -0.05) is 6.92 Å². The molecule has 102 valence electrons. The fourth-order valence-corrected chi connectivity index (χ4v) is 1.96. The van der Waals surface area contributed by atoms with E-state index >= 15 is 0 Å². The molecule has 1 aromatic rings. The molecular weight excluding hydrogens is 252 g/mol. The first-order valence-corrected chi connectivity index (χ1v) is 7.83. The van der Waals surface area contributed by atoms with Gasteiger partial charge in [-0.25, -0.2) is 23.1 Å². The minimum Gasteiger partial charge on any atom is -0.370 e.